The fourth-order valence-electron chi connectivity index (χ4n) is 4.99. The molecule has 3 saturated heterocycles. The lowest BCUT2D eigenvalue weighted by atomic mass is 9.87. The SMILES string of the molecule is CC(C)C1CCN(C(C)C)C1.CC(C)C1CN(C(C)C)C1.CC(C)N1CCN(C(C)C)CC1. The van der Waals surface area contributed by atoms with E-state index in [0.29, 0.717) is 0 Å². The normalized spacial score (nSPS) is 24.0. The van der Waals surface area contributed by atoms with Gasteiger partial charge in [-0.3, -0.25) is 9.80 Å². The lowest BCUT2D eigenvalue weighted by molar-refractivity contribution is 0.0408. The second-order valence-electron chi connectivity index (χ2n) is 12.7. The summed E-state index contributed by atoms with van der Waals surface area (Å²) in [4.78, 5) is 10.2. The number of piperazine rings is 1. The zero-order valence-corrected chi connectivity index (χ0v) is 24.8. The molecule has 0 radical (unpaired) electrons. The Morgan fingerprint density at radius 2 is 0.727 bits per heavy atom. The molecule has 3 aliphatic rings. The van der Waals surface area contributed by atoms with Gasteiger partial charge in [-0.2, -0.15) is 0 Å². The number of nitrogens with zero attached hydrogens (tertiary/aromatic N) is 4. The summed E-state index contributed by atoms with van der Waals surface area (Å²) in [6, 6.07) is 2.95. The van der Waals surface area contributed by atoms with Crippen molar-refractivity contribution in [1.29, 1.82) is 0 Å². The minimum atomic E-state index is 0.722. The molecule has 1 unspecified atom stereocenters. The van der Waals surface area contributed by atoms with E-state index in [0.717, 1.165) is 47.8 Å². The Bertz CT molecular complexity index is 444. The van der Waals surface area contributed by atoms with Crippen LogP contribution in [0, 0.1) is 23.7 Å². The van der Waals surface area contributed by atoms with Crippen LogP contribution in [0.3, 0.4) is 0 Å². The maximum Gasteiger partial charge on any atom is 0.0113 e. The van der Waals surface area contributed by atoms with E-state index < -0.39 is 0 Å². The first-order valence-corrected chi connectivity index (χ1v) is 14.3. The lowest BCUT2D eigenvalue weighted by Crippen LogP contribution is -2.51. The summed E-state index contributed by atoms with van der Waals surface area (Å²) in [5.41, 5.74) is 0. The van der Waals surface area contributed by atoms with Gasteiger partial charge >= 0.3 is 0 Å². The Hall–Kier alpha value is -0.160. The van der Waals surface area contributed by atoms with Crippen molar-refractivity contribution in [3.05, 3.63) is 0 Å². The molecular formula is C29H62N4. The third-order valence-corrected chi connectivity index (χ3v) is 8.35. The van der Waals surface area contributed by atoms with Gasteiger partial charge in [0, 0.05) is 70.0 Å². The molecule has 0 amide bonds. The Morgan fingerprint density at radius 3 is 0.970 bits per heavy atom. The Labute approximate surface area is 209 Å². The van der Waals surface area contributed by atoms with Gasteiger partial charge in [-0.15, -0.1) is 0 Å². The lowest BCUT2D eigenvalue weighted by Gasteiger charge is -2.44. The molecule has 33 heavy (non-hydrogen) atoms. The first-order chi connectivity index (χ1) is 15.3. The minimum absolute atomic E-state index is 0.722. The number of hydrogen-bond donors (Lipinski definition) is 0. The standard InChI is InChI=1S/C10H22N2.C10H21N.C9H19N/c1-9(2)11-5-7-12(8-6-11)10(3)4;1-8(2)10-5-6-11(7-10)9(3)4;1-7(2)9-5-10(6-9)8(3)4/h9-10H,5-8H2,1-4H3;8-10H,5-7H2,1-4H3;7-9H,5-6H2,1-4H3. The third kappa shape index (κ3) is 11.0. The van der Waals surface area contributed by atoms with E-state index in [1.165, 1.54) is 58.8 Å². The number of likely N-dealkylation sites (tertiary alicyclic amines) is 2. The average Bonchev–Trinajstić information content (AvgIpc) is 3.18. The summed E-state index contributed by atoms with van der Waals surface area (Å²) >= 11 is 0. The van der Waals surface area contributed by atoms with Crippen LogP contribution in [-0.4, -0.2) is 96.1 Å². The van der Waals surface area contributed by atoms with Gasteiger partial charge < -0.3 is 9.80 Å². The van der Waals surface area contributed by atoms with Crippen molar-refractivity contribution in [3.63, 3.8) is 0 Å². The second-order valence-corrected chi connectivity index (χ2v) is 12.7. The van der Waals surface area contributed by atoms with Crippen LogP contribution in [0.15, 0.2) is 0 Å². The van der Waals surface area contributed by atoms with E-state index >= 15 is 0 Å². The van der Waals surface area contributed by atoms with Crippen molar-refractivity contribution in [1.82, 2.24) is 19.6 Å². The zero-order chi connectivity index (χ0) is 25.3. The van der Waals surface area contributed by atoms with Gasteiger partial charge in [-0.25, -0.2) is 0 Å². The van der Waals surface area contributed by atoms with Gasteiger partial charge in [0.2, 0.25) is 0 Å². The van der Waals surface area contributed by atoms with Crippen LogP contribution in [0.2, 0.25) is 0 Å². The molecule has 4 heteroatoms. The summed E-state index contributed by atoms with van der Waals surface area (Å²) < 4.78 is 0. The van der Waals surface area contributed by atoms with Crippen LogP contribution in [0.4, 0.5) is 0 Å². The van der Waals surface area contributed by atoms with Crippen molar-refractivity contribution in [2.75, 3.05) is 52.4 Å². The van der Waals surface area contributed by atoms with Crippen molar-refractivity contribution in [3.8, 4) is 0 Å². The predicted octanol–water partition coefficient (Wildman–Crippen LogP) is 5.78. The first-order valence-electron chi connectivity index (χ1n) is 14.3. The van der Waals surface area contributed by atoms with E-state index in [2.05, 4.69) is 103 Å². The topological polar surface area (TPSA) is 13.0 Å². The quantitative estimate of drug-likeness (QED) is 0.492. The second kappa shape index (κ2) is 15.1. The highest BCUT2D eigenvalue weighted by Crippen LogP contribution is 2.25. The highest BCUT2D eigenvalue weighted by atomic mass is 15.3. The molecule has 0 aliphatic carbocycles. The molecule has 3 aliphatic heterocycles. The number of rotatable bonds is 6. The summed E-state index contributed by atoms with van der Waals surface area (Å²) in [7, 11) is 0. The van der Waals surface area contributed by atoms with Crippen LogP contribution < -0.4 is 0 Å². The van der Waals surface area contributed by atoms with E-state index in [4.69, 9.17) is 0 Å². The minimum Gasteiger partial charge on any atom is -0.301 e. The molecular weight excluding hydrogens is 404 g/mol. The Balaban J connectivity index is 0.000000249. The molecule has 4 nitrogen and oxygen atoms in total. The van der Waals surface area contributed by atoms with Crippen LogP contribution in [0.5, 0.6) is 0 Å². The monoisotopic (exact) mass is 466 g/mol. The van der Waals surface area contributed by atoms with E-state index in [-0.39, 0.29) is 0 Å². The smallest absolute Gasteiger partial charge is 0.0113 e. The summed E-state index contributed by atoms with van der Waals surface area (Å²) in [5.74, 6) is 3.69. The predicted molar refractivity (Wildman–Crippen MR) is 148 cm³/mol. The summed E-state index contributed by atoms with van der Waals surface area (Å²) in [6.07, 6.45) is 1.41. The molecule has 3 rings (SSSR count). The molecule has 0 aromatic rings. The van der Waals surface area contributed by atoms with Gasteiger partial charge in [0.15, 0.2) is 0 Å². The van der Waals surface area contributed by atoms with Crippen molar-refractivity contribution in [2.45, 2.75) is 114 Å². The van der Waals surface area contributed by atoms with Gasteiger partial charge in [0.05, 0.1) is 0 Å². The van der Waals surface area contributed by atoms with Crippen LogP contribution in [0.25, 0.3) is 0 Å². The molecule has 0 aromatic heterocycles. The highest BCUT2D eigenvalue weighted by molar-refractivity contribution is 4.83. The van der Waals surface area contributed by atoms with Gasteiger partial charge in [-0.05, 0) is 92.0 Å². The molecule has 0 bridgehead atoms. The fraction of sp³-hybridized carbons (Fsp3) is 1.00. The van der Waals surface area contributed by atoms with E-state index in [1.54, 1.807) is 0 Å². The molecule has 1 atom stereocenters. The van der Waals surface area contributed by atoms with Gasteiger partial charge in [-0.1, -0.05) is 27.7 Å². The summed E-state index contributed by atoms with van der Waals surface area (Å²) in [6.45, 7) is 37.9. The highest BCUT2D eigenvalue weighted by Gasteiger charge is 2.30. The molecule has 0 aromatic carbocycles. The molecule has 198 valence electrons. The Kier molecular flexibility index (Phi) is 14.1. The molecule has 3 fully saturated rings. The third-order valence-electron chi connectivity index (χ3n) is 8.35. The van der Waals surface area contributed by atoms with Crippen LogP contribution >= 0.6 is 0 Å². The molecule has 0 spiro atoms. The molecule has 0 saturated carbocycles. The maximum atomic E-state index is 2.59. The van der Waals surface area contributed by atoms with Gasteiger partial charge in [0.25, 0.3) is 0 Å². The van der Waals surface area contributed by atoms with Crippen molar-refractivity contribution in [2.24, 2.45) is 23.7 Å². The average molecular weight is 467 g/mol. The maximum absolute atomic E-state index is 2.59. The zero-order valence-electron chi connectivity index (χ0n) is 24.8. The first kappa shape index (κ1) is 30.9. The molecule has 3 heterocycles. The largest absolute Gasteiger partial charge is 0.301 e. The van der Waals surface area contributed by atoms with Crippen LogP contribution in [0.1, 0.15) is 89.5 Å². The van der Waals surface area contributed by atoms with Gasteiger partial charge in [0.1, 0.15) is 0 Å². The van der Waals surface area contributed by atoms with Crippen LogP contribution in [-0.2, 0) is 0 Å². The van der Waals surface area contributed by atoms with Crippen molar-refractivity contribution >= 4 is 0 Å². The molecule has 0 N–H and O–H groups in total. The Morgan fingerprint density at radius 1 is 0.394 bits per heavy atom. The summed E-state index contributed by atoms with van der Waals surface area (Å²) in [5, 5.41) is 0. The van der Waals surface area contributed by atoms with E-state index in [1.807, 2.05) is 0 Å². The fourth-order valence-corrected chi connectivity index (χ4v) is 4.99. The number of hydrogen-bond acceptors (Lipinski definition) is 4. The van der Waals surface area contributed by atoms with E-state index in [9.17, 15) is 0 Å². The van der Waals surface area contributed by atoms with Crippen molar-refractivity contribution < 1.29 is 0 Å².